The van der Waals surface area contributed by atoms with Gasteiger partial charge in [-0.2, -0.15) is 0 Å². The van der Waals surface area contributed by atoms with Crippen molar-refractivity contribution in [3.63, 3.8) is 0 Å². The zero-order valence-electron chi connectivity index (χ0n) is 23.6. The molecule has 8 nitrogen and oxygen atoms in total. The molecule has 1 atom stereocenters. The second-order valence-corrected chi connectivity index (χ2v) is 11.9. The molecule has 9 heteroatoms. The number of amides is 2. The molecule has 0 radical (unpaired) electrons. The van der Waals surface area contributed by atoms with Gasteiger partial charge in [-0.05, 0) is 62.1 Å². The molecule has 2 amide bonds. The molecule has 0 unspecified atom stereocenters. The monoisotopic (exact) mass is 565 g/mol. The van der Waals surface area contributed by atoms with Crippen molar-refractivity contribution in [3.8, 4) is 5.75 Å². The highest BCUT2D eigenvalue weighted by molar-refractivity contribution is 7.92. The maximum absolute atomic E-state index is 13.7. The standard InChI is InChI=1S/C31H39N3O5S/c1-5-29(31(36)32-24(2)3)33(21-20-25-12-8-6-9-13-25)30(35)22-34(40(4,37)38)27-16-18-28(19-17-27)39-23-26-14-10-7-11-15-26/h6-19,24,29H,5,20-23H2,1-4H3,(H,32,36)/t29-/m1/s1. The molecule has 0 spiro atoms. The van der Waals surface area contributed by atoms with Crippen LogP contribution in [0.15, 0.2) is 84.9 Å². The summed E-state index contributed by atoms with van der Waals surface area (Å²) in [5.41, 5.74) is 2.37. The van der Waals surface area contributed by atoms with Crippen molar-refractivity contribution >= 4 is 27.5 Å². The molecule has 0 bridgehead atoms. The van der Waals surface area contributed by atoms with E-state index in [0.717, 1.165) is 21.7 Å². The Hall–Kier alpha value is -3.85. The number of carbonyl (C=O) groups excluding carboxylic acids is 2. The minimum Gasteiger partial charge on any atom is -0.489 e. The van der Waals surface area contributed by atoms with E-state index in [-0.39, 0.29) is 18.5 Å². The Bertz CT molecular complexity index is 1330. The molecule has 214 valence electrons. The first-order chi connectivity index (χ1) is 19.1. The van der Waals surface area contributed by atoms with Crippen LogP contribution in [0.2, 0.25) is 0 Å². The molecule has 1 N–H and O–H groups in total. The van der Waals surface area contributed by atoms with E-state index in [4.69, 9.17) is 4.74 Å². The summed E-state index contributed by atoms with van der Waals surface area (Å²) in [6.07, 6.45) is 1.99. The van der Waals surface area contributed by atoms with E-state index < -0.39 is 28.5 Å². The Kier molecular flexibility index (Phi) is 11.1. The molecule has 0 saturated heterocycles. The van der Waals surface area contributed by atoms with Crippen LogP contribution >= 0.6 is 0 Å². The van der Waals surface area contributed by atoms with Gasteiger partial charge in [0.2, 0.25) is 21.8 Å². The number of carbonyl (C=O) groups is 2. The van der Waals surface area contributed by atoms with Crippen molar-refractivity contribution in [2.45, 2.75) is 52.3 Å². The molecular formula is C31H39N3O5S. The number of ether oxygens (including phenoxy) is 1. The molecule has 3 aromatic rings. The third-order valence-electron chi connectivity index (χ3n) is 6.35. The van der Waals surface area contributed by atoms with Gasteiger partial charge in [-0.25, -0.2) is 8.42 Å². The van der Waals surface area contributed by atoms with E-state index in [1.807, 2.05) is 81.4 Å². The van der Waals surface area contributed by atoms with E-state index in [9.17, 15) is 18.0 Å². The highest BCUT2D eigenvalue weighted by Crippen LogP contribution is 2.23. The Morgan fingerprint density at radius 2 is 1.45 bits per heavy atom. The third kappa shape index (κ3) is 9.12. The summed E-state index contributed by atoms with van der Waals surface area (Å²) >= 11 is 0. The number of hydrogen-bond acceptors (Lipinski definition) is 5. The molecule has 0 aromatic heterocycles. The fraction of sp³-hybridized carbons (Fsp3) is 0.355. The molecule has 0 fully saturated rings. The number of hydrogen-bond donors (Lipinski definition) is 1. The predicted molar refractivity (Wildman–Crippen MR) is 159 cm³/mol. The highest BCUT2D eigenvalue weighted by Gasteiger charge is 2.31. The first kappa shape index (κ1) is 30.7. The van der Waals surface area contributed by atoms with Gasteiger partial charge in [-0.3, -0.25) is 13.9 Å². The lowest BCUT2D eigenvalue weighted by Crippen LogP contribution is -2.54. The fourth-order valence-electron chi connectivity index (χ4n) is 4.34. The summed E-state index contributed by atoms with van der Waals surface area (Å²) in [5, 5.41) is 2.89. The van der Waals surface area contributed by atoms with Gasteiger partial charge >= 0.3 is 0 Å². The first-order valence-corrected chi connectivity index (χ1v) is 15.3. The smallest absolute Gasteiger partial charge is 0.244 e. The van der Waals surface area contributed by atoms with Crippen molar-refractivity contribution in [1.29, 1.82) is 0 Å². The van der Waals surface area contributed by atoms with Crippen molar-refractivity contribution in [3.05, 3.63) is 96.1 Å². The first-order valence-electron chi connectivity index (χ1n) is 13.5. The maximum atomic E-state index is 13.7. The van der Waals surface area contributed by atoms with Gasteiger partial charge in [0.05, 0.1) is 11.9 Å². The van der Waals surface area contributed by atoms with E-state index >= 15 is 0 Å². The second kappa shape index (κ2) is 14.5. The molecular weight excluding hydrogens is 526 g/mol. The molecule has 0 aliphatic carbocycles. The number of sulfonamides is 1. The third-order valence-corrected chi connectivity index (χ3v) is 7.49. The second-order valence-electron chi connectivity index (χ2n) is 9.95. The predicted octanol–water partition coefficient (Wildman–Crippen LogP) is 4.41. The van der Waals surface area contributed by atoms with Gasteiger partial charge in [0.25, 0.3) is 0 Å². The normalized spacial score (nSPS) is 12.0. The molecule has 0 heterocycles. The molecule has 0 saturated carbocycles. The van der Waals surface area contributed by atoms with Crippen LogP contribution in [-0.2, 0) is 32.6 Å². The van der Waals surface area contributed by atoms with Gasteiger partial charge in [0.1, 0.15) is 24.9 Å². The maximum Gasteiger partial charge on any atom is 0.244 e. The van der Waals surface area contributed by atoms with Gasteiger partial charge < -0.3 is 15.0 Å². The number of benzene rings is 3. The summed E-state index contributed by atoms with van der Waals surface area (Å²) in [4.78, 5) is 28.3. The highest BCUT2D eigenvalue weighted by atomic mass is 32.2. The van der Waals surface area contributed by atoms with E-state index in [1.165, 1.54) is 4.90 Å². The van der Waals surface area contributed by atoms with Crippen LogP contribution in [0, 0.1) is 0 Å². The summed E-state index contributed by atoms with van der Waals surface area (Å²) in [6, 6.07) is 25.2. The lowest BCUT2D eigenvalue weighted by molar-refractivity contribution is -0.139. The molecule has 0 aliphatic rings. The summed E-state index contributed by atoms with van der Waals surface area (Å²) < 4.78 is 32.5. The SMILES string of the molecule is CC[C@H](C(=O)NC(C)C)N(CCc1ccccc1)C(=O)CN(c1ccc(OCc2ccccc2)cc1)S(C)(=O)=O. The Labute approximate surface area is 238 Å². The van der Waals surface area contributed by atoms with Gasteiger partial charge in [-0.15, -0.1) is 0 Å². The largest absolute Gasteiger partial charge is 0.489 e. The lowest BCUT2D eigenvalue weighted by Gasteiger charge is -2.33. The summed E-state index contributed by atoms with van der Waals surface area (Å²) in [6.45, 7) is 5.79. The number of nitrogens with one attached hydrogen (secondary N) is 1. The summed E-state index contributed by atoms with van der Waals surface area (Å²) in [5.74, 6) is -0.130. The molecule has 0 aliphatic heterocycles. The number of anilines is 1. The Morgan fingerprint density at radius 1 is 0.875 bits per heavy atom. The zero-order chi connectivity index (χ0) is 29.1. The van der Waals surface area contributed by atoms with Crippen LogP contribution in [0.3, 0.4) is 0 Å². The van der Waals surface area contributed by atoms with Gasteiger partial charge in [0.15, 0.2) is 0 Å². The van der Waals surface area contributed by atoms with Crippen molar-refractivity contribution in [2.24, 2.45) is 0 Å². The van der Waals surface area contributed by atoms with Gasteiger partial charge in [0, 0.05) is 12.6 Å². The van der Waals surface area contributed by atoms with E-state index in [1.54, 1.807) is 24.3 Å². The fourth-order valence-corrected chi connectivity index (χ4v) is 5.19. The van der Waals surface area contributed by atoms with E-state index in [0.29, 0.717) is 30.9 Å². The molecule has 3 rings (SSSR count). The van der Waals surface area contributed by atoms with Crippen LogP contribution in [-0.4, -0.2) is 56.6 Å². The van der Waals surface area contributed by atoms with Crippen molar-refractivity contribution in [2.75, 3.05) is 23.7 Å². The zero-order valence-corrected chi connectivity index (χ0v) is 24.4. The Balaban J connectivity index is 1.81. The minimum atomic E-state index is -3.81. The Morgan fingerprint density at radius 3 is 1.98 bits per heavy atom. The minimum absolute atomic E-state index is 0.0947. The average Bonchev–Trinajstić information content (AvgIpc) is 2.93. The topological polar surface area (TPSA) is 96.0 Å². The number of nitrogens with zero attached hydrogens (tertiary/aromatic N) is 2. The quantitative estimate of drug-likeness (QED) is 0.313. The van der Waals surface area contributed by atoms with Crippen LogP contribution in [0.1, 0.15) is 38.3 Å². The van der Waals surface area contributed by atoms with Crippen molar-refractivity contribution in [1.82, 2.24) is 10.2 Å². The summed E-state index contributed by atoms with van der Waals surface area (Å²) in [7, 11) is -3.81. The van der Waals surface area contributed by atoms with Crippen LogP contribution in [0.4, 0.5) is 5.69 Å². The van der Waals surface area contributed by atoms with Gasteiger partial charge in [-0.1, -0.05) is 67.6 Å². The molecule has 3 aromatic carbocycles. The average molecular weight is 566 g/mol. The van der Waals surface area contributed by atoms with Crippen LogP contribution in [0.25, 0.3) is 0 Å². The van der Waals surface area contributed by atoms with Crippen LogP contribution < -0.4 is 14.4 Å². The number of rotatable bonds is 14. The van der Waals surface area contributed by atoms with Crippen molar-refractivity contribution < 1.29 is 22.7 Å². The molecule has 40 heavy (non-hydrogen) atoms. The van der Waals surface area contributed by atoms with E-state index in [2.05, 4.69) is 5.32 Å². The lowest BCUT2D eigenvalue weighted by atomic mass is 10.1. The van der Waals surface area contributed by atoms with Crippen LogP contribution in [0.5, 0.6) is 5.75 Å².